The smallest absolute Gasteiger partial charge is 0.123 e. The maximum atomic E-state index is 12.7. The van der Waals surface area contributed by atoms with Crippen molar-refractivity contribution in [3.63, 3.8) is 0 Å². The molecule has 0 saturated carbocycles. The number of aliphatic hydroxyl groups is 1. The van der Waals surface area contributed by atoms with Crippen LogP contribution in [0, 0.1) is 23.1 Å². The van der Waals surface area contributed by atoms with E-state index in [1.807, 2.05) is 6.07 Å². The second-order valence-corrected chi connectivity index (χ2v) is 2.92. The zero-order chi connectivity index (χ0) is 9.84. The molecule has 2 nitrogen and oxygen atoms in total. The molecule has 1 rings (SSSR count). The number of hydrogen-bond acceptors (Lipinski definition) is 2. The molecule has 13 heavy (non-hydrogen) atoms. The van der Waals surface area contributed by atoms with Crippen molar-refractivity contribution in [2.24, 2.45) is 5.92 Å². The molecule has 0 saturated heterocycles. The van der Waals surface area contributed by atoms with Crippen LogP contribution >= 0.6 is 0 Å². The molecule has 0 amide bonds. The van der Waals surface area contributed by atoms with Crippen LogP contribution in [-0.4, -0.2) is 5.11 Å². The maximum absolute atomic E-state index is 12.7. The standard InChI is InChI=1S/C10H10FNO/c1-7(6-12)10(13)8-3-2-4-9(11)5-8/h2-5,7,10,13H,1H3. The summed E-state index contributed by atoms with van der Waals surface area (Å²) in [4.78, 5) is 0. The van der Waals surface area contributed by atoms with Gasteiger partial charge in [-0.15, -0.1) is 0 Å². The third-order valence-electron chi connectivity index (χ3n) is 1.87. The van der Waals surface area contributed by atoms with E-state index in [0.29, 0.717) is 5.56 Å². The van der Waals surface area contributed by atoms with Crippen molar-refractivity contribution in [3.05, 3.63) is 35.6 Å². The number of halogens is 1. The minimum atomic E-state index is -0.916. The van der Waals surface area contributed by atoms with Gasteiger partial charge in [-0.25, -0.2) is 4.39 Å². The van der Waals surface area contributed by atoms with Gasteiger partial charge < -0.3 is 5.11 Å². The topological polar surface area (TPSA) is 44.0 Å². The lowest BCUT2D eigenvalue weighted by atomic mass is 9.99. The first kappa shape index (κ1) is 9.69. The van der Waals surface area contributed by atoms with E-state index in [1.165, 1.54) is 18.2 Å². The van der Waals surface area contributed by atoms with Gasteiger partial charge in [0.15, 0.2) is 0 Å². The first-order chi connectivity index (χ1) is 6.15. The second-order valence-electron chi connectivity index (χ2n) is 2.92. The number of benzene rings is 1. The zero-order valence-corrected chi connectivity index (χ0v) is 7.24. The third kappa shape index (κ3) is 2.27. The molecule has 1 aromatic carbocycles. The fourth-order valence-electron chi connectivity index (χ4n) is 1.05. The van der Waals surface area contributed by atoms with Crippen LogP contribution in [0.25, 0.3) is 0 Å². The molecule has 0 aliphatic carbocycles. The van der Waals surface area contributed by atoms with Crippen LogP contribution in [0.2, 0.25) is 0 Å². The predicted octanol–water partition coefficient (Wildman–Crippen LogP) is 2.02. The highest BCUT2D eigenvalue weighted by Gasteiger charge is 2.15. The molecule has 68 valence electrons. The van der Waals surface area contributed by atoms with E-state index in [1.54, 1.807) is 13.0 Å². The molecule has 0 aliphatic rings. The first-order valence-electron chi connectivity index (χ1n) is 3.98. The molecule has 0 heterocycles. The average molecular weight is 179 g/mol. The van der Waals surface area contributed by atoms with E-state index in [4.69, 9.17) is 5.26 Å². The monoisotopic (exact) mass is 179 g/mol. The summed E-state index contributed by atoms with van der Waals surface area (Å²) >= 11 is 0. The number of rotatable bonds is 2. The molecule has 0 spiro atoms. The van der Waals surface area contributed by atoms with Gasteiger partial charge >= 0.3 is 0 Å². The second kappa shape index (κ2) is 4.01. The Morgan fingerprint density at radius 2 is 2.23 bits per heavy atom. The Morgan fingerprint density at radius 3 is 2.77 bits per heavy atom. The van der Waals surface area contributed by atoms with Gasteiger partial charge in [0.25, 0.3) is 0 Å². The van der Waals surface area contributed by atoms with Gasteiger partial charge in [0, 0.05) is 0 Å². The van der Waals surface area contributed by atoms with E-state index < -0.39 is 17.8 Å². The Balaban J connectivity index is 2.90. The summed E-state index contributed by atoms with van der Waals surface area (Å²) in [6.07, 6.45) is -0.916. The van der Waals surface area contributed by atoms with Gasteiger partial charge in [-0.05, 0) is 24.6 Å². The first-order valence-corrected chi connectivity index (χ1v) is 3.98. The van der Waals surface area contributed by atoms with Crippen molar-refractivity contribution >= 4 is 0 Å². The molecule has 0 fully saturated rings. The van der Waals surface area contributed by atoms with Crippen LogP contribution in [0.3, 0.4) is 0 Å². The van der Waals surface area contributed by atoms with E-state index in [0.717, 1.165) is 0 Å². The van der Waals surface area contributed by atoms with Crippen LogP contribution in [-0.2, 0) is 0 Å². The van der Waals surface area contributed by atoms with Crippen LogP contribution in [0.5, 0.6) is 0 Å². The predicted molar refractivity (Wildman–Crippen MR) is 46.1 cm³/mol. The summed E-state index contributed by atoms with van der Waals surface area (Å²) in [6, 6.07) is 7.55. The summed E-state index contributed by atoms with van der Waals surface area (Å²) in [7, 11) is 0. The van der Waals surface area contributed by atoms with Crippen molar-refractivity contribution < 1.29 is 9.50 Å². The van der Waals surface area contributed by atoms with E-state index in [9.17, 15) is 9.50 Å². The van der Waals surface area contributed by atoms with Crippen LogP contribution < -0.4 is 0 Å². The van der Waals surface area contributed by atoms with E-state index >= 15 is 0 Å². The van der Waals surface area contributed by atoms with Gasteiger partial charge in [0.05, 0.1) is 18.1 Å². The van der Waals surface area contributed by atoms with Crippen LogP contribution in [0.1, 0.15) is 18.6 Å². The fourth-order valence-corrected chi connectivity index (χ4v) is 1.05. The molecule has 3 heteroatoms. The van der Waals surface area contributed by atoms with Crippen molar-refractivity contribution in [2.75, 3.05) is 0 Å². The minimum Gasteiger partial charge on any atom is -0.387 e. The van der Waals surface area contributed by atoms with Crippen LogP contribution in [0.4, 0.5) is 4.39 Å². The lowest BCUT2D eigenvalue weighted by Crippen LogP contribution is -2.06. The number of nitriles is 1. The maximum Gasteiger partial charge on any atom is 0.123 e. The number of aliphatic hydroxyl groups excluding tert-OH is 1. The Bertz CT molecular complexity index is 332. The van der Waals surface area contributed by atoms with Crippen LogP contribution in [0.15, 0.2) is 24.3 Å². The number of hydrogen-bond donors (Lipinski definition) is 1. The highest BCUT2D eigenvalue weighted by Crippen LogP contribution is 2.21. The molecule has 0 radical (unpaired) electrons. The van der Waals surface area contributed by atoms with Crippen molar-refractivity contribution in [1.82, 2.24) is 0 Å². The summed E-state index contributed by atoms with van der Waals surface area (Å²) in [5.41, 5.74) is 0.439. The average Bonchev–Trinajstić information content (AvgIpc) is 2.15. The Kier molecular flexibility index (Phi) is 2.99. The molecule has 2 unspecified atom stereocenters. The van der Waals surface area contributed by atoms with Crippen molar-refractivity contribution in [3.8, 4) is 6.07 Å². The van der Waals surface area contributed by atoms with E-state index in [2.05, 4.69) is 0 Å². The molecule has 2 atom stereocenters. The summed E-state index contributed by atoms with van der Waals surface area (Å²) in [5.74, 6) is -0.927. The molecule has 0 bridgehead atoms. The van der Waals surface area contributed by atoms with Gasteiger partial charge in [-0.1, -0.05) is 12.1 Å². The molecular formula is C10H10FNO. The summed E-state index contributed by atoms with van der Waals surface area (Å²) in [6.45, 7) is 1.59. The third-order valence-corrected chi connectivity index (χ3v) is 1.87. The molecule has 0 aliphatic heterocycles. The van der Waals surface area contributed by atoms with Gasteiger partial charge in [0.2, 0.25) is 0 Å². The molecule has 0 aromatic heterocycles. The van der Waals surface area contributed by atoms with Gasteiger partial charge in [-0.2, -0.15) is 5.26 Å². The molecular weight excluding hydrogens is 169 g/mol. The Labute approximate surface area is 76.2 Å². The molecule has 1 aromatic rings. The van der Waals surface area contributed by atoms with Crippen molar-refractivity contribution in [1.29, 1.82) is 5.26 Å². The van der Waals surface area contributed by atoms with Gasteiger partial charge in [0.1, 0.15) is 5.82 Å². The highest BCUT2D eigenvalue weighted by atomic mass is 19.1. The largest absolute Gasteiger partial charge is 0.387 e. The van der Waals surface area contributed by atoms with Crippen molar-refractivity contribution in [2.45, 2.75) is 13.0 Å². The quantitative estimate of drug-likeness (QED) is 0.754. The lowest BCUT2D eigenvalue weighted by molar-refractivity contribution is 0.142. The highest BCUT2D eigenvalue weighted by molar-refractivity contribution is 5.20. The Morgan fingerprint density at radius 1 is 1.54 bits per heavy atom. The zero-order valence-electron chi connectivity index (χ0n) is 7.24. The SMILES string of the molecule is CC(C#N)C(O)c1cccc(F)c1. The normalized spacial score (nSPS) is 14.6. The summed E-state index contributed by atoms with van der Waals surface area (Å²) in [5, 5.41) is 18.1. The summed E-state index contributed by atoms with van der Waals surface area (Å²) < 4.78 is 12.7. The van der Waals surface area contributed by atoms with E-state index in [-0.39, 0.29) is 0 Å². The minimum absolute atomic E-state index is 0.401. The number of nitrogens with zero attached hydrogens (tertiary/aromatic N) is 1. The lowest BCUT2D eigenvalue weighted by Gasteiger charge is -2.12. The Hall–Kier alpha value is -1.40. The fraction of sp³-hybridized carbons (Fsp3) is 0.300. The molecule has 1 N–H and O–H groups in total. The van der Waals surface area contributed by atoms with Gasteiger partial charge in [-0.3, -0.25) is 0 Å².